The van der Waals surface area contributed by atoms with Crippen LogP contribution in [0, 0.1) is 6.92 Å². The van der Waals surface area contributed by atoms with E-state index in [9.17, 15) is 0 Å². The molecular weight excluding hydrogens is 284 g/mol. The van der Waals surface area contributed by atoms with Crippen molar-refractivity contribution in [1.82, 2.24) is 15.1 Å². The topological polar surface area (TPSA) is 35.2 Å². The van der Waals surface area contributed by atoms with Gasteiger partial charge in [0.1, 0.15) is 0 Å². The Hall–Kier alpha value is -1.81. The fourth-order valence-electron chi connectivity index (χ4n) is 4.13. The van der Waals surface area contributed by atoms with Crippen molar-refractivity contribution in [3.05, 3.63) is 47.3 Å². The van der Waals surface area contributed by atoms with E-state index < -0.39 is 0 Å². The summed E-state index contributed by atoms with van der Waals surface area (Å²) in [4.78, 5) is 5.15. The van der Waals surface area contributed by atoms with Crippen molar-refractivity contribution in [2.45, 2.75) is 38.6 Å². The summed E-state index contributed by atoms with van der Waals surface area (Å²) in [5, 5.41) is 7.39. The molecule has 0 saturated carbocycles. The van der Waals surface area contributed by atoms with Crippen molar-refractivity contribution in [3.63, 3.8) is 0 Å². The third-order valence-corrected chi connectivity index (χ3v) is 5.38. The first-order valence-electron chi connectivity index (χ1n) is 8.86. The molecule has 0 amide bonds. The summed E-state index contributed by atoms with van der Waals surface area (Å²) >= 11 is 0. The number of hydrogen-bond acceptors (Lipinski definition) is 3. The number of aromatic nitrogens is 2. The van der Waals surface area contributed by atoms with Gasteiger partial charge >= 0.3 is 0 Å². The van der Waals surface area contributed by atoms with Crippen molar-refractivity contribution in [1.29, 1.82) is 0 Å². The third kappa shape index (κ3) is 3.00. The molecule has 0 bridgehead atoms. The number of rotatable bonds is 4. The van der Waals surface area contributed by atoms with E-state index in [1.165, 1.54) is 61.4 Å². The van der Waals surface area contributed by atoms with Crippen LogP contribution in [0.1, 0.15) is 42.0 Å². The third-order valence-electron chi connectivity index (χ3n) is 5.38. The first kappa shape index (κ1) is 14.8. The molecule has 0 aliphatic carbocycles. The Morgan fingerprint density at radius 3 is 2.78 bits per heavy atom. The molecular formula is C19H26N4. The lowest BCUT2D eigenvalue weighted by atomic mass is 10.0. The highest BCUT2D eigenvalue weighted by atomic mass is 15.2. The van der Waals surface area contributed by atoms with Crippen molar-refractivity contribution >= 4 is 5.69 Å². The minimum atomic E-state index is 0.608. The van der Waals surface area contributed by atoms with E-state index in [-0.39, 0.29) is 0 Å². The smallest absolute Gasteiger partial charge is 0.0519 e. The molecule has 2 aliphatic heterocycles. The molecule has 3 heterocycles. The average Bonchev–Trinajstić information content (AvgIpc) is 3.29. The zero-order valence-electron chi connectivity index (χ0n) is 14.0. The van der Waals surface area contributed by atoms with Gasteiger partial charge in [-0.1, -0.05) is 18.2 Å². The van der Waals surface area contributed by atoms with Gasteiger partial charge in [-0.05, 0) is 49.9 Å². The second kappa shape index (κ2) is 6.36. The maximum atomic E-state index is 4.19. The molecule has 2 saturated heterocycles. The molecule has 0 radical (unpaired) electrons. The van der Waals surface area contributed by atoms with Crippen molar-refractivity contribution in [3.8, 4) is 0 Å². The summed E-state index contributed by atoms with van der Waals surface area (Å²) in [5.41, 5.74) is 5.57. The van der Waals surface area contributed by atoms with Crippen molar-refractivity contribution in [2.24, 2.45) is 0 Å². The molecule has 2 aromatic rings. The van der Waals surface area contributed by atoms with E-state index in [1.54, 1.807) is 0 Å². The predicted octanol–water partition coefficient (Wildman–Crippen LogP) is 3.31. The summed E-state index contributed by atoms with van der Waals surface area (Å²) in [6, 6.07) is 8.97. The number of aryl methyl sites for hydroxylation is 1. The number of likely N-dealkylation sites (tertiary alicyclic amines) is 1. The lowest BCUT2D eigenvalue weighted by Gasteiger charge is -2.24. The minimum absolute atomic E-state index is 0.608. The number of anilines is 1. The maximum Gasteiger partial charge on any atom is 0.0519 e. The van der Waals surface area contributed by atoms with Gasteiger partial charge < -0.3 is 4.90 Å². The number of hydrogen-bond donors (Lipinski definition) is 1. The minimum Gasteiger partial charge on any atom is -0.371 e. The number of nitrogens with zero attached hydrogens (tertiary/aromatic N) is 3. The SMILES string of the molecule is Cc1cn[nH]c1[C@H]1CCN(Cc2ccccc2N2CCCC2)C1. The lowest BCUT2D eigenvalue weighted by Crippen LogP contribution is -2.24. The van der Waals surface area contributed by atoms with Crippen LogP contribution in [-0.2, 0) is 6.54 Å². The van der Waals surface area contributed by atoms with E-state index in [0.29, 0.717) is 5.92 Å². The fraction of sp³-hybridized carbons (Fsp3) is 0.526. The highest BCUT2D eigenvalue weighted by Crippen LogP contribution is 2.31. The second-order valence-electron chi connectivity index (χ2n) is 7.01. The van der Waals surface area contributed by atoms with E-state index in [0.717, 1.165) is 13.1 Å². The first-order chi connectivity index (χ1) is 11.3. The zero-order valence-corrected chi connectivity index (χ0v) is 14.0. The quantitative estimate of drug-likeness (QED) is 0.941. The summed E-state index contributed by atoms with van der Waals surface area (Å²) in [7, 11) is 0. The van der Waals surface area contributed by atoms with Crippen LogP contribution in [0.3, 0.4) is 0 Å². The van der Waals surface area contributed by atoms with Gasteiger partial charge in [0.25, 0.3) is 0 Å². The summed E-state index contributed by atoms with van der Waals surface area (Å²) in [6.07, 6.45) is 5.84. The van der Waals surface area contributed by atoms with Crippen LogP contribution < -0.4 is 4.90 Å². The Bertz CT molecular complexity index is 657. The molecule has 4 nitrogen and oxygen atoms in total. The molecule has 1 aromatic carbocycles. The Morgan fingerprint density at radius 1 is 1.17 bits per heavy atom. The molecule has 2 aliphatic rings. The van der Waals surface area contributed by atoms with Gasteiger partial charge in [-0.2, -0.15) is 5.10 Å². The number of benzene rings is 1. The molecule has 1 atom stereocenters. The molecule has 4 heteroatoms. The monoisotopic (exact) mass is 310 g/mol. The lowest BCUT2D eigenvalue weighted by molar-refractivity contribution is 0.326. The van der Waals surface area contributed by atoms with Gasteiger partial charge in [-0.3, -0.25) is 10.00 Å². The van der Waals surface area contributed by atoms with Gasteiger partial charge in [0.2, 0.25) is 0 Å². The fourth-order valence-corrected chi connectivity index (χ4v) is 4.13. The van der Waals surface area contributed by atoms with Crippen LogP contribution >= 0.6 is 0 Å². The van der Waals surface area contributed by atoms with Crippen LogP contribution in [0.4, 0.5) is 5.69 Å². The van der Waals surface area contributed by atoms with E-state index in [4.69, 9.17) is 0 Å². The van der Waals surface area contributed by atoms with Gasteiger partial charge in [0.05, 0.1) is 6.20 Å². The van der Waals surface area contributed by atoms with Crippen LogP contribution in [0.5, 0.6) is 0 Å². The Morgan fingerprint density at radius 2 is 2.00 bits per heavy atom. The number of aromatic amines is 1. The standard InChI is InChI=1S/C19H26N4/c1-15-12-20-21-19(15)17-8-11-22(14-17)13-16-6-2-3-7-18(16)23-9-4-5-10-23/h2-3,6-7,12,17H,4-5,8-11,13-14H2,1H3,(H,20,21)/t17-/m0/s1. The first-order valence-corrected chi connectivity index (χ1v) is 8.86. The van der Waals surface area contributed by atoms with Gasteiger partial charge in [0, 0.05) is 43.5 Å². The van der Waals surface area contributed by atoms with Crippen molar-refractivity contribution < 1.29 is 0 Å². The molecule has 1 N–H and O–H groups in total. The molecule has 23 heavy (non-hydrogen) atoms. The molecule has 1 aromatic heterocycles. The summed E-state index contributed by atoms with van der Waals surface area (Å²) in [5.74, 6) is 0.608. The number of H-pyrrole nitrogens is 1. The average molecular weight is 310 g/mol. The van der Waals surface area contributed by atoms with Gasteiger partial charge in [-0.15, -0.1) is 0 Å². The Kier molecular flexibility index (Phi) is 4.08. The number of para-hydroxylation sites is 1. The van der Waals surface area contributed by atoms with Crippen molar-refractivity contribution in [2.75, 3.05) is 31.1 Å². The largest absolute Gasteiger partial charge is 0.371 e. The van der Waals surface area contributed by atoms with Crippen LogP contribution in [0.2, 0.25) is 0 Å². The molecule has 2 fully saturated rings. The second-order valence-corrected chi connectivity index (χ2v) is 7.01. The highest BCUT2D eigenvalue weighted by molar-refractivity contribution is 5.54. The van der Waals surface area contributed by atoms with Gasteiger partial charge in [0.15, 0.2) is 0 Å². The Labute approximate surface area is 138 Å². The van der Waals surface area contributed by atoms with Crippen LogP contribution in [0.25, 0.3) is 0 Å². The highest BCUT2D eigenvalue weighted by Gasteiger charge is 2.27. The Balaban J connectivity index is 1.46. The molecule has 0 spiro atoms. The predicted molar refractivity (Wildman–Crippen MR) is 93.8 cm³/mol. The summed E-state index contributed by atoms with van der Waals surface area (Å²) < 4.78 is 0. The van der Waals surface area contributed by atoms with Gasteiger partial charge in [-0.25, -0.2) is 0 Å². The van der Waals surface area contributed by atoms with E-state index in [1.807, 2.05) is 6.20 Å². The number of nitrogens with one attached hydrogen (secondary N) is 1. The molecule has 0 unspecified atom stereocenters. The summed E-state index contributed by atoms with van der Waals surface area (Å²) in [6.45, 7) is 7.97. The zero-order chi connectivity index (χ0) is 15.6. The van der Waals surface area contributed by atoms with E-state index in [2.05, 4.69) is 51.2 Å². The molecule has 4 rings (SSSR count). The normalized spacial score (nSPS) is 22.1. The maximum absolute atomic E-state index is 4.19. The van der Waals surface area contributed by atoms with Crippen LogP contribution in [-0.4, -0.2) is 41.3 Å². The van der Waals surface area contributed by atoms with Crippen LogP contribution in [0.15, 0.2) is 30.5 Å². The molecule has 122 valence electrons. The van der Waals surface area contributed by atoms with E-state index >= 15 is 0 Å².